The standard InChI is InChI=1S/C11H14F5N3/c1-3-4-17-9-7(12)5-8(13)10(18-9)19(2)6-11(14,15)16/h5H,3-4,6H2,1-2H3,(H,17,18). The molecule has 0 saturated heterocycles. The SMILES string of the molecule is CCCNc1nc(N(C)CC(F)(F)F)c(F)cc1F. The number of nitrogens with one attached hydrogen (secondary N) is 1. The van der Waals surface area contributed by atoms with Gasteiger partial charge in [0, 0.05) is 19.7 Å². The van der Waals surface area contributed by atoms with E-state index in [-0.39, 0.29) is 5.82 Å². The van der Waals surface area contributed by atoms with Gasteiger partial charge < -0.3 is 10.2 Å². The van der Waals surface area contributed by atoms with Crippen molar-refractivity contribution in [3.8, 4) is 0 Å². The third-order valence-electron chi connectivity index (χ3n) is 2.23. The summed E-state index contributed by atoms with van der Waals surface area (Å²) in [5.41, 5.74) is 0. The van der Waals surface area contributed by atoms with Gasteiger partial charge in [-0.05, 0) is 6.42 Å². The number of anilines is 2. The van der Waals surface area contributed by atoms with Gasteiger partial charge in [-0.15, -0.1) is 0 Å². The Labute approximate surface area is 107 Å². The van der Waals surface area contributed by atoms with E-state index in [0.29, 0.717) is 23.9 Å². The van der Waals surface area contributed by atoms with E-state index in [2.05, 4.69) is 10.3 Å². The molecule has 0 saturated carbocycles. The van der Waals surface area contributed by atoms with Crippen LogP contribution in [0.5, 0.6) is 0 Å². The number of aromatic nitrogens is 1. The molecule has 1 N–H and O–H groups in total. The van der Waals surface area contributed by atoms with Crippen molar-refractivity contribution in [1.29, 1.82) is 0 Å². The summed E-state index contributed by atoms with van der Waals surface area (Å²) >= 11 is 0. The summed E-state index contributed by atoms with van der Waals surface area (Å²) in [6.07, 6.45) is -3.82. The second-order valence-corrected chi connectivity index (χ2v) is 4.02. The summed E-state index contributed by atoms with van der Waals surface area (Å²) in [6.45, 7) is 0.846. The van der Waals surface area contributed by atoms with Crippen LogP contribution >= 0.6 is 0 Å². The molecule has 0 bridgehead atoms. The van der Waals surface area contributed by atoms with Crippen LogP contribution in [0.2, 0.25) is 0 Å². The van der Waals surface area contributed by atoms with Gasteiger partial charge in [0.2, 0.25) is 0 Å². The molecule has 1 aromatic heterocycles. The Hall–Kier alpha value is -1.60. The van der Waals surface area contributed by atoms with Crippen molar-refractivity contribution in [2.75, 3.05) is 30.4 Å². The highest BCUT2D eigenvalue weighted by atomic mass is 19.4. The number of pyridine rings is 1. The highest BCUT2D eigenvalue weighted by molar-refractivity contribution is 5.49. The van der Waals surface area contributed by atoms with Gasteiger partial charge in [-0.25, -0.2) is 13.8 Å². The average Bonchev–Trinajstić information content (AvgIpc) is 2.25. The molecule has 1 rings (SSSR count). The number of hydrogen-bond acceptors (Lipinski definition) is 3. The van der Waals surface area contributed by atoms with Gasteiger partial charge in [0.25, 0.3) is 0 Å². The maximum absolute atomic E-state index is 13.4. The minimum atomic E-state index is -4.49. The fourth-order valence-corrected chi connectivity index (χ4v) is 1.44. The van der Waals surface area contributed by atoms with Gasteiger partial charge in [-0.3, -0.25) is 0 Å². The van der Waals surface area contributed by atoms with Crippen LogP contribution in [-0.2, 0) is 0 Å². The summed E-state index contributed by atoms with van der Waals surface area (Å²) in [4.78, 5) is 4.15. The molecule has 1 heterocycles. The molecular weight excluding hydrogens is 269 g/mol. The second kappa shape index (κ2) is 6.03. The highest BCUT2D eigenvalue weighted by Gasteiger charge is 2.31. The van der Waals surface area contributed by atoms with Crippen molar-refractivity contribution in [3.05, 3.63) is 17.7 Å². The number of rotatable bonds is 5. The van der Waals surface area contributed by atoms with Gasteiger partial charge in [-0.2, -0.15) is 13.2 Å². The van der Waals surface area contributed by atoms with E-state index >= 15 is 0 Å². The minimum absolute atomic E-state index is 0.257. The number of nitrogens with zero attached hydrogens (tertiary/aromatic N) is 2. The minimum Gasteiger partial charge on any atom is -0.368 e. The van der Waals surface area contributed by atoms with E-state index in [4.69, 9.17) is 0 Å². The molecule has 0 unspecified atom stereocenters. The zero-order valence-corrected chi connectivity index (χ0v) is 10.5. The lowest BCUT2D eigenvalue weighted by Gasteiger charge is -2.21. The van der Waals surface area contributed by atoms with Gasteiger partial charge in [0.15, 0.2) is 23.3 Å². The molecule has 0 radical (unpaired) electrons. The van der Waals surface area contributed by atoms with E-state index in [1.165, 1.54) is 0 Å². The Bertz CT molecular complexity index is 433. The first-order valence-corrected chi connectivity index (χ1v) is 5.62. The van der Waals surface area contributed by atoms with Crippen molar-refractivity contribution < 1.29 is 22.0 Å². The molecule has 1 aromatic rings. The quantitative estimate of drug-likeness (QED) is 0.841. The Morgan fingerprint density at radius 2 is 1.89 bits per heavy atom. The molecule has 0 aromatic carbocycles. The van der Waals surface area contributed by atoms with Crippen LogP contribution in [0.15, 0.2) is 6.07 Å². The zero-order chi connectivity index (χ0) is 14.6. The van der Waals surface area contributed by atoms with Gasteiger partial charge >= 0.3 is 6.18 Å². The van der Waals surface area contributed by atoms with E-state index in [1.54, 1.807) is 0 Å². The van der Waals surface area contributed by atoms with Crippen LogP contribution in [0.4, 0.5) is 33.6 Å². The summed E-state index contributed by atoms with van der Waals surface area (Å²) in [5.74, 6) is -2.87. The molecular formula is C11H14F5N3. The molecule has 0 amide bonds. The Balaban J connectivity index is 2.99. The Morgan fingerprint density at radius 1 is 1.26 bits per heavy atom. The highest BCUT2D eigenvalue weighted by Crippen LogP contribution is 2.24. The third kappa shape index (κ3) is 4.53. The normalized spacial score (nSPS) is 11.5. The molecule has 0 aliphatic rings. The number of hydrogen-bond donors (Lipinski definition) is 1. The summed E-state index contributed by atoms with van der Waals surface area (Å²) < 4.78 is 63.5. The molecule has 0 atom stereocenters. The molecule has 8 heteroatoms. The summed E-state index contributed by atoms with van der Waals surface area (Å²) in [7, 11) is 1.04. The van der Waals surface area contributed by atoms with E-state index in [9.17, 15) is 22.0 Å². The molecule has 19 heavy (non-hydrogen) atoms. The van der Waals surface area contributed by atoms with Crippen molar-refractivity contribution in [1.82, 2.24) is 4.98 Å². The first-order chi connectivity index (χ1) is 8.74. The van der Waals surface area contributed by atoms with Gasteiger partial charge in [-0.1, -0.05) is 6.92 Å². The largest absolute Gasteiger partial charge is 0.405 e. The van der Waals surface area contributed by atoms with Crippen LogP contribution in [0, 0.1) is 11.6 Å². The van der Waals surface area contributed by atoms with Crippen molar-refractivity contribution >= 4 is 11.6 Å². The van der Waals surface area contributed by atoms with Gasteiger partial charge in [0.05, 0.1) is 0 Å². The van der Waals surface area contributed by atoms with E-state index < -0.39 is 30.2 Å². The van der Waals surface area contributed by atoms with Crippen molar-refractivity contribution in [3.63, 3.8) is 0 Å². The van der Waals surface area contributed by atoms with E-state index in [0.717, 1.165) is 7.05 Å². The lowest BCUT2D eigenvalue weighted by molar-refractivity contribution is -0.119. The number of alkyl halides is 3. The second-order valence-electron chi connectivity index (χ2n) is 4.02. The lowest BCUT2D eigenvalue weighted by Crippen LogP contribution is -2.32. The fraction of sp³-hybridized carbons (Fsp3) is 0.545. The van der Waals surface area contributed by atoms with Crippen LogP contribution < -0.4 is 10.2 Å². The zero-order valence-electron chi connectivity index (χ0n) is 10.5. The smallest absolute Gasteiger partial charge is 0.368 e. The summed E-state index contributed by atoms with van der Waals surface area (Å²) in [6, 6.07) is 0.521. The fourth-order valence-electron chi connectivity index (χ4n) is 1.44. The topological polar surface area (TPSA) is 28.2 Å². The molecule has 0 aliphatic carbocycles. The van der Waals surface area contributed by atoms with Crippen LogP contribution in [0.25, 0.3) is 0 Å². The van der Waals surface area contributed by atoms with Crippen LogP contribution in [0.1, 0.15) is 13.3 Å². The maximum atomic E-state index is 13.4. The van der Waals surface area contributed by atoms with Crippen molar-refractivity contribution in [2.24, 2.45) is 0 Å². The predicted octanol–water partition coefficient (Wildman–Crippen LogP) is 3.18. The monoisotopic (exact) mass is 283 g/mol. The molecule has 3 nitrogen and oxygen atoms in total. The number of halogens is 5. The van der Waals surface area contributed by atoms with Crippen LogP contribution in [0.3, 0.4) is 0 Å². The molecule has 0 fully saturated rings. The van der Waals surface area contributed by atoms with Crippen LogP contribution in [-0.4, -0.2) is 31.3 Å². The maximum Gasteiger partial charge on any atom is 0.405 e. The average molecular weight is 283 g/mol. The molecule has 0 aliphatic heterocycles. The first kappa shape index (κ1) is 15.5. The third-order valence-corrected chi connectivity index (χ3v) is 2.23. The molecule has 108 valence electrons. The predicted molar refractivity (Wildman–Crippen MR) is 62.3 cm³/mol. The molecule has 0 spiro atoms. The van der Waals surface area contributed by atoms with Gasteiger partial charge in [0.1, 0.15) is 6.54 Å². The first-order valence-electron chi connectivity index (χ1n) is 5.62. The van der Waals surface area contributed by atoms with Crippen molar-refractivity contribution in [2.45, 2.75) is 19.5 Å². The summed E-state index contributed by atoms with van der Waals surface area (Å²) in [5, 5.41) is 2.59. The van der Waals surface area contributed by atoms with E-state index in [1.807, 2.05) is 6.92 Å². The lowest BCUT2D eigenvalue weighted by atomic mass is 10.3. The Morgan fingerprint density at radius 3 is 2.42 bits per heavy atom. The Kier molecular flexibility index (Phi) is 4.90.